The van der Waals surface area contributed by atoms with Crippen LogP contribution in [0.3, 0.4) is 0 Å². The van der Waals surface area contributed by atoms with Gasteiger partial charge >= 0.3 is 0 Å². The van der Waals surface area contributed by atoms with Crippen LogP contribution in [0.1, 0.15) is 31.6 Å². The molecule has 1 saturated heterocycles. The average molecular weight is 483 g/mol. The predicted molar refractivity (Wildman–Crippen MR) is 129 cm³/mol. The second-order valence-electron chi connectivity index (χ2n) is 8.09. The van der Waals surface area contributed by atoms with Crippen molar-refractivity contribution in [3.63, 3.8) is 0 Å². The van der Waals surface area contributed by atoms with Gasteiger partial charge in [-0.15, -0.1) is 10.2 Å². The molecule has 34 heavy (non-hydrogen) atoms. The third-order valence-corrected chi connectivity index (χ3v) is 6.49. The van der Waals surface area contributed by atoms with Crippen molar-refractivity contribution in [2.75, 3.05) is 44.6 Å². The summed E-state index contributed by atoms with van der Waals surface area (Å²) in [7, 11) is 0. The highest BCUT2D eigenvalue weighted by Crippen LogP contribution is 2.14. The van der Waals surface area contributed by atoms with Gasteiger partial charge in [0.25, 0.3) is 11.8 Å². The van der Waals surface area contributed by atoms with Crippen LogP contribution in [-0.4, -0.2) is 71.1 Å². The number of hydrogen-bond donors (Lipinski definition) is 2. The van der Waals surface area contributed by atoms with Gasteiger partial charge in [0, 0.05) is 45.0 Å². The molecule has 2 N–H and O–H groups in total. The Balaban J connectivity index is 1.13. The molecule has 1 aliphatic heterocycles. The highest BCUT2D eigenvalue weighted by Gasteiger charge is 2.19. The Morgan fingerprint density at radius 3 is 2.24 bits per heavy atom. The quantitative estimate of drug-likeness (QED) is 0.456. The number of aromatic nitrogens is 2. The zero-order valence-corrected chi connectivity index (χ0v) is 19.6. The van der Waals surface area contributed by atoms with Gasteiger partial charge in [-0.1, -0.05) is 41.7 Å². The lowest BCUT2D eigenvalue weighted by atomic mass is 10.2. The van der Waals surface area contributed by atoms with Crippen LogP contribution in [-0.2, 0) is 6.54 Å². The van der Waals surface area contributed by atoms with Crippen molar-refractivity contribution in [3.05, 3.63) is 76.0 Å². The van der Waals surface area contributed by atoms with E-state index in [1.807, 2.05) is 6.07 Å². The number of halogens is 1. The maximum atomic E-state index is 13.0. The molecule has 8 nitrogen and oxygen atoms in total. The molecule has 0 aliphatic carbocycles. The minimum absolute atomic E-state index is 0.0721. The molecule has 178 valence electrons. The van der Waals surface area contributed by atoms with Gasteiger partial charge in [0.1, 0.15) is 5.82 Å². The average Bonchev–Trinajstić information content (AvgIpc) is 3.36. The standard InChI is InChI=1S/C24H27FN6O2S/c25-19-7-9-20(10-8-19)27-22(33)24-29-28-23(34-24)21(32)26-11-4-12-30-13-15-31(16-14-30)17-18-5-2-1-3-6-18/h1-3,5-10H,4,11-17H2,(H,26,32)(H,27,33). The van der Waals surface area contributed by atoms with Gasteiger partial charge in [0.05, 0.1) is 0 Å². The molecule has 1 aliphatic rings. The van der Waals surface area contributed by atoms with Crippen LogP contribution in [0.4, 0.5) is 10.1 Å². The number of benzene rings is 2. The van der Waals surface area contributed by atoms with E-state index in [0.29, 0.717) is 12.2 Å². The zero-order chi connectivity index (χ0) is 23.8. The van der Waals surface area contributed by atoms with Crippen molar-refractivity contribution < 1.29 is 14.0 Å². The molecule has 0 spiro atoms. The topological polar surface area (TPSA) is 90.5 Å². The second kappa shape index (κ2) is 11.8. The van der Waals surface area contributed by atoms with Gasteiger partial charge < -0.3 is 15.5 Å². The van der Waals surface area contributed by atoms with Crippen LogP contribution in [0.15, 0.2) is 54.6 Å². The number of nitrogens with one attached hydrogen (secondary N) is 2. The SMILES string of the molecule is O=C(NCCCN1CCN(Cc2ccccc2)CC1)c1nnc(C(=O)Nc2ccc(F)cc2)s1. The molecule has 0 saturated carbocycles. The highest BCUT2D eigenvalue weighted by molar-refractivity contribution is 7.15. The largest absolute Gasteiger partial charge is 0.350 e. The minimum Gasteiger partial charge on any atom is -0.350 e. The lowest BCUT2D eigenvalue weighted by Gasteiger charge is -2.34. The number of piperazine rings is 1. The number of carbonyl (C=O) groups is 2. The van der Waals surface area contributed by atoms with Crippen molar-refractivity contribution in [1.29, 1.82) is 0 Å². The molecule has 3 aromatic rings. The molecule has 2 heterocycles. The first kappa shape index (κ1) is 23.9. The molecule has 0 atom stereocenters. The van der Waals surface area contributed by atoms with Crippen LogP contribution in [0.25, 0.3) is 0 Å². The predicted octanol–water partition coefficient (Wildman–Crippen LogP) is 2.87. The van der Waals surface area contributed by atoms with Gasteiger partial charge in [-0.25, -0.2) is 4.39 Å². The highest BCUT2D eigenvalue weighted by atomic mass is 32.1. The summed E-state index contributed by atoms with van der Waals surface area (Å²) in [6, 6.07) is 15.9. The Morgan fingerprint density at radius 1 is 0.882 bits per heavy atom. The van der Waals surface area contributed by atoms with Gasteiger partial charge in [-0.2, -0.15) is 0 Å². The summed E-state index contributed by atoms with van der Waals surface area (Å²) >= 11 is 0.922. The number of carbonyl (C=O) groups excluding carboxylic acids is 2. The van der Waals surface area contributed by atoms with Crippen LogP contribution < -0.4 is 10.6 Å². The summed E-state index contributed by atoms with van der Waals surface area (Å²) in [6.45, 7) is 6.54. The Labute approximate surface area is 201 Å². The Morgan fingerprint density at radius 2 is 1.53 bits per heavy atom. The van der Waals surface area contributed by atoms with E-state index in [0.717, 1.165) is 57.0 Å². The molecule has 2 amide bonds. The first-order valence-corrected chi connectivity index (χ1v) is 12.1. The first-order chi connectivity index (χ1) is 16.6. The first-order valence-electron chi connectivity index (χ1n) is 11.2. The van der Waals surface area contributed by atoms with Gasteiger partial charge in [-0.3, -0.25) is 14.5 Å². The Bertz CT molecular complexity index is 1080. The maximum absolute atomic E-state index is 13.0. The maximum Gasteiger partial charge on any atom is 0.286 e. The summed E-state index contributed by atoms with van der Waals surface area (Å²) in [6.07, 6.45) is 0.834. The van der Waals surface area contributed by atoms with Crippen molar-refractivity contribution in [2.24, 2.45) is 0 Å². The van der Waals surface area contributed by atoms with Gasteiger partial charge in [-0.05, 0) is 42.8 Å². The van der Waals surface area contributed by atoms with E-state index in [4.69, 9.17) is 0 Å². The van der Waals surface area contributed by atoms with Crippen molar-refractivity contribution in [2.45, 2.75) is 13.0 Å². The summed E-state index contributed by atoms with van der Waals surface area (Å²) in [5.74, 6) is -1.22. The molecule has 2 aromatic carbocycles. The normalized spacial score (nSPS) is 14.6. The molecule has 0 radical (unpaired) electrons. The van der Waals surface area contributed by atoms with E-state index >= 15 is 0 Å². The molecular weight excluding hydrogens is 455 g/mol. The monoisotopic (exact) mass is 482 g/mol. The van der Waals surface area contributed by atoms with E-state index in [9.17, 15) is 14.0 Å². The third kappa shape index (κ3) is 6.89. The smallest absolute Gasteiger partial charge is 0.286 e. The molecule has 0 unspecified atom stereocenters. The number of hydrogen-bond acceptors (Lipinski definition) is 7. The number of anilines is 1. The van der Waals surface area contributed by atoms with Crippen LogP contribution in [0, 0.1) is 5.82 Å². The molecule has 0 bridgehead atoms. The third-order valence-electron chi connectivity index (χ3n) is 5.57. The number of nitrogens with zero attached hydrogens (tertiary/aromatic N) is 4. The lowest BCUT2D eigenvalue weighted by molar-refractivity contribution is 0.0945. The molecular formula is C24H27FN6O2S. The van der Waals surface area contributed by atoms with Gasteiger partial charge in [0.15, 0.2) is 0 Å². The molecule has 10 heteroatoms. The van der Waals surface area contributed by atoms with Crippen LogP contribution in [0.2, 0.25) is 0 Å². The lowest BCUT2D eigenvalue weighted by Crippen LogP contribution is -2.46. The fourth-order valence-electron chi connectivity index (χ4n) is 3.72. The van der Waals surface area contributed by atoms with Gasteiger partial charge in [0.2, 0.25) is 10.0 Å². The second-order valence-corrected chi connectivity index (χ2v) is 9.06. The fraction of sp³-hybridized carbons (Fsp3) is 0.333. The molecule has 1 fully saturated rings. The van der Waals surface area contributed by atoms with Crippen LogP contribution in [0.5, 0.6) is 0 Å². The number of amides is 2. The zero-order valence-electron chi connectivity index (χ0n) is 18.7. The fourth-order valence-corrected chi connectivity index (χ4v) is 4.37. The Hall–Kier alpha value is -3.21. The molecule has 4 rings (SSSR count). The van der Waals surface area contributed by atoms with Crippen LogP contribution >= 0.6 is 11.3 Å². The van der Waals surface area contributed by atoms with E-state index < -0.39 is 11.7 Å². The Kier molecular flexibility index (Phi) is 8.29. The minimum atomic E-state index is -0.491. The summed E-state index contributed by atoms with van der Waals surface area (Å²) < 4.78 is 13.0. The van der Waals surface area contributed by atoms with Crippen molar-refractivity contribution in [3.8, 4) is 0 Å². The summed E-state index contributed by atoms with van der Waals surface area (Å²) in [5.41, 5.74) is 1.78. The van der Waals surface area contributed by atoms with E-state index in [-0.39, 0.29) is 15.9 Å². The van der Waals surface area contributed by atoms with E-state index in [1.165, 1.54) is 29.8 Å². The van der Waals surface area contributed by atoms with Crippen molar-refractivity contribution in [1.82, 2.24) is 25.3 Å². The molecule has 1 aromatic heterocycles. The van der Waals surface area contributed by atoms with E-state index in [2.05, 4.69) is 54.9 Å². The van der Waals surface area contributed by atoms with Crippen molar-refractivity contribution >= 4 is 28.8 Å². The summed E-state index contributed by atoms with van der Waals surface area (Å²) in [5, 5.41) is 13.3. The summed E-state index contributed by atoms with van der Waals surface area (Å²) in [4.78, 5) is 29.5. The number of rotatable bonds is 9. The van der Waals surface area contributed by atoms with E-state index in [1.54, 1.807) is 0 Å².